The molecule has 0 aliphatic heterocycles. The second-order valence-corrected chi connectivity index (χ2v) is 14.4. The zero-order chi connectivity index (χ0) is 34.9. The van der Waals surface area contributed by atoms with Gasteiger partial charge in [0.25, 0.3) is 10.0 Å². The molecule has 0 aliphatic carbocycles. The van der Waals surface area contributed by atoms with Crippen LogP contribution in [0.25, 0.3) is 0 Å². The predicted molar refractivity (Wildman–Crippen MR) is 189 cm³/mol. The highest BCUT2D eigenvalue weighted by molar-refractivity contribution is 7.92. The van der Waals surface area contributed by atoms with Crippen molar-refractivity contribution in [3.63, 3.8) is 0 Å². The fraction of sp³-hybridized carbons (Fsp3) is 0.316. The molecule has 1 N–H and O–H groups in total. The third-order valence-corrected chi connectivity index (χ3v) is 9.37. The molecular formula is C38H45N3O6S. The van der Waals surface area contributed by atoms with E-state index < -0.39 is 34.1 Å². The number of carbonyl (C=O) groups is 2. The van der Waals surface area contributed by atoms with Crippen LogP contribution in [0.15, 0.2) is 108 Å². The van der Waals surface area contributed by atoms with Crippen LogP contribution in [0.2, 0.25) is 0 Å². The van der Waals surface area contributed by atoms with Crippen LogP contribution in [0.1, 0.15) is 44.4 Å². The van der Waals surface area contributed by atoms with Gasteiger partial charge < -0.3 is 19.7 Å². The highest BCUT2D eigenvalue weighted by Crippen LogP contribution is 2.27. The summed E-state index contributed by atoms with van der Waals surface area (Å²) in [7, 11) is -2.68. The van der Waals surface area contributed by atoms with Gasteiger partial charge in [-0.25, -0.2) is 8.42 Å². The van der Waals surface area contributed by atoms with Crippen molar-refractivity contribution in [1.82, 2.24) is 10.2 Å². The lowest BCUT2D eigenvalue weighted by molar-refractivity contribution is -0.140. The van der Waals surface area contributed by atoms with Gasteiger partial charge in [-0.05, 0) is 94.3 Å². The van der Waals surface area contributed by atoms with E-state index in [9.17, 15) is 18.0 Å². The molecule has 0 aromatic heterocycles. The summed E-state index contributed by atoms with van der Waals surface area (Å²) in [5.74, 6) is 0.238. The minimum atomic E-state index is -4.23. The van der Waals surface area contributed by atoms with E-state index in [1.807, 2.05) is 77.1 Å². The third kappa shape index (κ3) is 9.60. The van der Waals surface area contributed by atoms with E-state index in [4.69, 9.17) is 9.47 Å². The van der Waals surface area contributed by atoms with E-state index in [-0.39, 0.29) is 23.8 Å². The molecule has 4 rings (SSSR count). The van der Waals surface area contributed by atoms with Crippen molar-refractivity contribution in [3.8, 4) is 11.5 Å². The largest absolute Gasteiger partial charge is 0.497 e. The zero-order valence-corrected chi connectivity index (χ0v) is 29.3. The first-order valence-electron chi connectivity index (χ1n) is 15.9. The van der Waals surface area contributed by atoms with Crippen molar-refractivity contribution >= 4 is 27.5 Å². The number of anilines is 1. The number of carbonyl (C=O) groups excluding carboxylic acids is 2. The van der Waals surface area contributed by atoms with E-state index in [0.29, 0.717) is 23.8 Å². The normalized spacial score (nSPS) is 12.1. The van der Waals surface area contributed by atoms with Crippen molar-refractivity contribution in [3.05, 3.63) is 120 Å². The Morgan fingerprint density at radius 1 is 0.833 bits per heavy atom. The van der Waals surface area contributed by atoms with Crippen molar-refractivity contribution < 1.29 is 27.5 Å². The maximum atomic E-state index is 14.7. The van der Waals surface area contributed by atoms with E-state index in [0.717, 1.165) is 21.0 Å². The van der Waals surface area contributed by atoms with Gasteiger partial charge in [0.15, 0.2) is 0 Å². The monoisotopic (exact) mass is 671 g/mol. The Hall–Kier alpha value is -4.83. The number of nitrogens with one attached hydrogen (secondary N) is 1. The second kappa shape index (κ2) is 15.8. The Morgan fingerprint density at radius 3 is 2.08 bits per heavy atom. The number of aryl methyl sites for hydroxylation is 1. The molecule has 0 spiro atoms. The minimum Gasteiger partial charge on any atom is -0.497 e. The van der Waals surface area contributed by atoms with E-state index in [1.54, 1.807) is 55.6 Å². The molecule has 4 aromatic rings. The molecule has 48 heavy (non-hydrogen) atoms. The SMILES string of the molecule is CCOc1ccc(S(=O)(=O)N(CC(=O)N(Cc2cccc(OC)c2)[C@@H](Cc2ccccc2)C(=O)NC(C)(C)C)c2ccc(C)cc2)cc1. The van der Waals surface area contributed by atoms with Crippen LogP contribution in [-0.4, -0.2) is 57.0 Å². The maximum Gasteiger partial charge on any atom is 0.264 e. The lowest BCUT2D eigenvalue weighted by Gasteiger charge is -2.35. The zero-order valence-electron chi connectivity index (χ0n) is 28.5. The lowest BCUT2D eigenvalue weighted by Crippen LogP contribution is -2.56. The number of rotatable bonds is 14. The molecule has 0 unspecified atom stereocenters. The molecule has 2 amide bonds. The van der Waals surface area contributed by atoms with Crippen LogP contribution in [0, 0.1) is 6.92 Å². The van der Waals surface area contributed by atoms with E-state index in [1.165, 1.54) is 17.0 Å². The van der Waals surface area contributed by atoms with Gasteiger partial charge in [-0.3, -0.25) is 13.9 Å². The molecule has 1 atom stereocenters. The Balaban J connectivity index is 1.81. The number of nitrogens with zero attached hydrogens (tertiary/aromatic N) is 2. The van der Waals surface area contributed by atoms with Crippen LogP contribution in [0.4, 0.5) is 5.69 Å². The number of ether oxygens (including phenoxy) is 2. The second-order valence-electron chi connectivity index (χ2n) is 12.6. The maximum absolute atomic E-state index is 14.7. The minimum absolute atomic E-state index is 0.00462. The van der Waals surface area contributed by atoms with Gasteiger partial charge in [0.2, 0.25) is 11.8 Å². The van der Waals surface area contributed by atoms with Crippen molar-refractivity contribution in [2.45, 2.75) is 64.1 Å². The van der Waals surface area contributed by atoms with Gasteiger partial charge in [-0.15, -0.1) is 0 Å². The summed E-state index contributed by atoms with van der Waals surface area (Å²) in [4.78, 5) is 30.2. The number of sulfonamides is 1. The Labute approximate surface area is 284 Å². The smallest absolute Gasteiger partial charge is 0.264 e. The summed E-state index contributed by atoms with van der Waals surface area (Å²) in [5, 5.41) is 3.04. The first-order chi connectivity index (χ1) is 22.8. The molecule has 4 aromatic carbocycles. The topological polar surface area (TPSA) is 105 Å². The molecule has 9 nitrogen and oxygen atoms in total. The third-order valence-electron chi connectivity index (χ3n) is 7.58. The first-order valence-corrected chi connectivity index (χ1v) is 17.4. The summed E-state index contributed by atoms with van der Waals surface area (Å²) in [6, 6.07) is 28.8. The van der Waals surface area contributed by atoms with E-state index >= 15 is 0 Å². The Morgan fingerprint density at radius 2 is 1.48 bits per heavy atom. The highest BCUT2D eigenvalue weighted by Gasteiger charge is 2.35. The Kier molecular flexibility index (Phi) is 11.9. The van der Waals surface area contributed by atoms with Gasteiger partial charge in [0.05, 0.1) is 24.3 Å². The standard InChI is InChI=1S/C38H45N3O6S/c1-7-47-32-20-22-34(23-21-32)48(44,45)41(31-18-16-28(2)17-19-31)27-36(42)40(26-30-14-11-15-33(24-30)46-6)35(37(43)39-38(3,4)5)25-29-12-9-8-10-13-29/h8-24,35H,7,25-27H2,1-6H3,(H,39,43)/t35-/m0/s1. The molecule has 0 radical (unpaired) electrons. The molecule has 0 bridgehead atoms. The molecule has 254 valence electrons. The van der Waals surface area contributed by atoms with Crippen LogP contribution >= 0.6 is 0 Å². The summed E-state index contributed by atoms with van der Waals surface area (Å²) < 4.78 is 40.6. The summed E-state index contributed by atoms with van der Waals surface area (Å²) >= 11 is 0. The van der Waals surface area contributed by atoms with Gasteiger partial charge >= 0.3 is 0 Å². The van der Waals surface area contributed by atoms with Gasteiger partial charge in [-0.1, -0.05) is 60.2 Å². The quantitative estimate of drug-likeness (QED) is 0.172. The number of methoxy groups -OCH3 is 1. The molecule has 0 saturated heterocycles. The van der Waals surface area contributed by atoms with Crippen LogP contribution < -0.4 is 19.1 Å². The van der Waals surface area contributed by atoms with Crippen molar-refractivity contribution in [1.29, 1.82) is 0 Å². The molecule has 0 fully saturated rings. The fourth-order valence-electron chi connectivity index (χ4n) is 5.22. The molecular weight excluding hydrogens is 627 g/mol. The van der Waals surface area contributed by atoms with Crippen molar-refractivity contribution in [2.75, 3.05) is 24.6 Å². The number of benzene rings is 4. The number of hydrogen-bond acceptors (Lipinski definition) is 6. The predicted octanol–water partition coefficient (Wildman–Crippen LogP) is 6.15. The van der Waals surface area contributed by atoms with E-state index in [2.05, 4.69) is 5.32 Å². The van der Waals surface area contributed by atoms with Crippen LogP contribution in [-0.2, 0) is 32.6 Å². The van der Waals surface area contributed by atoms with Gasteiger partial charge in [0, 0.05) is 18.5 Å². The average molecular weight is 672 g/mol. The van der Waals surface area contributed by atoms with Crippen LogP contribution in [0.5, 0.6) is 11.5 Å². The number of amides is 2. The summed E-state index contributed by atoms with van der Waals surface area (Å²) in [5.41, 5.74) is 2.25. The lowest BCUT2D eigenvalue weighted by atomic mass is 10.0. The fourth-order valence-corrected chi connectivity index (χ4v) is 6.63. The number of hydrogen-bond donors (Lipinski definition) is 1. The molecule has 0 heterocycles. The molecule has 0 aliphatic rings. The average Bonchev–Trinajstić information content (AvgIpc) is 3.05. The van der Waals surface area contributed by atoms with Gasteiger partial charge in [0.1, 0.15) is 24.1 Å². The summed E-state index contributed by atoms with van der Waals surface area (Å²) in [6.45, 7) is 9.31. The molecule has 10 heteroatoms. The highest BCUT2D eigenvalue weighted by atomic mass is 32.2. The summed E-state index contributed by atoms with van der Waals surface area (Å²) in [6.07, 6.45) is 0.217. The molecule has 0 saturated carbocycles. The van der Waals surface area contributed by atoms with Crippen LogP contribution in [0.3, 0.4) is 0 Å². The van der Waals surface area contributed by atoms with Crippen molar-refractivity contribution in [2.24, 2.45) is 0 Å². The first kappa shape index (κ1) is 36.0. The van der Waals surface area contributed by atoms with Gasteiger partial charge in [-0.2, -0.15) is 0 Å². The Bertz CT molecular complexity index is 1770.